The van der Waals surface area contributed by atoms with Crippen molar-refractivity contribution in [2.75, 3.05) is 46.6 Å². The number of nitrogens with zero attached hydrogens (tertiary/aromatic N) is 3. The van der Waals surface area contributed by atoms with E-state index < -0.39 is 52.5 Å². The summed E-state index contributed by atoms with van der Waals surface area (Å²) >= 11 is 0. The zero-order valence-electron chi connectivity index (χ0n) is 18.0. The number of nitrogen functional groups attached to an aromatic ring is 1. The number of hydrogen-bond donors (Lipinski definition) is 3. The van der Waals surface area contributed by atoms with E-state index in [1.54, 1.807) is 21.1 Å². The van der Waals surface area contributed by atoms with Gasteiger partial charge in [-0.15, -0.1) is 0 Å². The summed E-state index contributed by atoms with van der Waals surface area (Å²) in [5.41, 5.74) is 4.50. The molecule has 4 unspecified atom stereocenters. The molecule has 4 N–H and O–H groups in total. The van der Waals surface area contributed by atoms with Crippen LogP contribution in [0.4, 0.5) is 5.82 Å². The van der Waals surface area contributed by atoms with E-state index in [2.05, 4.69) is 18.3 Å². The van der Waals surface area contributed by atoms with Crippen molar-refractivity contribution in [3.8, 4) is 0 Å². The maximum absolute atomic E-state index is 11.9. The molecule has 0 saturated carbocycles. The topological polar surface area (TPSA) is 219 Å². The first-order chi connectivity index (χ1) is 14.1. The molecule has 178 valence electrons. The molecule has 1 aliphatic rings. The monoisotopic (exact) mass is 510 g/mol. The van der Waals surface area contributed by atoms with Crippen LogP contribution in [-0.2, 0) is 27.2 Å². The Morgan fingerprint density at radius 3 is 2.38 bits per heavy atom. The molecule has 2 heterocycles. The van der Waals surface area contributed by atoms with Crippen molar-refractivity contribution in [2.45, 2.75) is 24.5 Å². The molecular formula is C14H25N4NaO11P2. The maximum atomic E-state index is 11.9. The third-order valence-corrected chi connectivity index (χ3v) is 6.64. The van der Waals surface area contributed by atoms with E-state index in [4.69, 9.17) is 10.5 Å². The van der Waals surface area contributed by atoms with E-state index in [0.717, 1.165) is 10.8 Å². The molecule has 32 heavy (non-hydrogen) atoms. The van der Waals surface area contributed by atoms with E-state index in [1.807, 2.05) is 0 Å². The molecule has 18 heteroatoms. The van der Waals surface area contributed by atoms with Crippen molar-refractivity contribution >= 4 is 21.5 Å². The van der Waals surface area contributed by atoms with Crippen LogP contribution in [0.3, 0.4) is 0 Å². The molecule has 1 fully saturated rings. The Labute approximate surface area is 205 Å². The van der Waals surface area contributed by atoms with Crippen molar-refractivity contribution in [1.82, 2.24) is 9.55 Å². The molecule has 1 aliphatic heterocycles. The number of rotatable bonds is 10. The molecule has 15 nitrogen and oxygen atoms in total. The van der Waals surface area contributed by atoms with Crippen LogP contribution in [-0.4, -0.2) is 83.5 Å². The number of aromatic nitrogens is 2. The largest absolute Gasteiger partial charge is 1.00 e. The van der Waals surface area contributed by atoms with Crippen molar-refractivity contribution in [1.29, 1.82) is 0 Å². The molecule has 0 aromatic carbocycles. The molecular weight excluding hydrogens is 485 g/mol. The number of aliphatic hydroxyl groups excluding tert-OH is 2. The van der Waals surface area contributed by atoms with Crippen LogP contribution < -0.4 is 50.8 Å². The van der Waals surface area contributed by atoms with Gasteiger partial charge in [0.05, 0.1) is 27.7 Å². The van der Waals surface area contributed by atoms with Gasteiger partial charge in [-0.3, -0.25) is 13.7 Å². The van der Waals surface area contributed by atoms with Gasteiger partial charge in [0.1, 0.15) is 37.3 Å². The average Bonchev–Trinajstić information content (AvgIpc) is 2.86. The van der Waals surface area contributed by atoms with Gasteiger partial charge in [-0.2, -0.15) is 4.98 Å². The summed E-state index contributed by atoms with van der Waals surface area (Å²) in [6.45, 7) is -0.987. The second-order valence-corrected chi connectivity index (χ2v) is 10.7. The predicted molar refractivity (Wildman–Crippen MR) is 99.9 cm³/mol. The van der Waals surface area contributed by atoms with Crippen molar-refractivity contribution in [2.24, 2.45) is 0 Å². The zero-order valence-corrected chi connectivity index (χ0v) is 21.8. The van der Waals surface area contributed by atoms with E-state index in [9.17, 15) is 33.9 Å². The van der Waals surface area contributed by atoms with Crippen LogP contribution in [0.5, 0.6) is 0 Å². The first-order valence-corrected chi connectivity index (χ1v) is 11.8. The summed E-state index contributed by atoms with van der Waals surface area (Å²) in [5.74, 6) is -0.0793. The third-order valence-electron chi connectivity index (χ3n) is 4.07. The fourth-order valence-corrected chi connectivity index (χ4v) is 4.47. The van der Waals surface area contributed by atoms with Crippen LogP contribution in [0, 0.1) is 0 Å². The minimum atomic E-state index is -5.43. The fourth-order valence-electron chi connectivity index (χ4n) is 2.48. The number of likely N-dealkylation sites (N-methyl/N-ethyl adjacent to an activating group) is 1. The minimum Gasteiger partial charge on any atom is -0.756 e. The smallest absolute Gasteiger partial charge is 0.756 e. The predicted octanol–water partition coefficient (Wildman–Crippen LogP) is -5.86. The van der Waals surface area contributed by atoms with Crippen molar-refractivity contribution in [3.05, 3.63) is 22.7 Å². The summed E-state index contributed by atoms with van der Waals surface area (Å²) in [7, 11) is -5.36. The van der Waals surface area contributed by atoms with Crippen LogP contribution >= 0.6 is 15.6 Å². The quantitative estimate of drug-likeness (QED) is 0.152. The minimum absolute atomic E-state index is 0. The van der Waals surface area contributed by atoms with Gasteiger partial charge in [-0.1, -0.05) is 0 Å². The van der Waals surface area contributed by atoms with Crippen LogP contribution in [0.25, 0.3) is 0 Å². The average molecular weight is 510 g/mol. The Kier molecular flexibility index (Phi) is 10.7. The molecule has 2 rings (SSSR count). The van der Waals surface area contributed by atoms with E-state index in [0.29, 0.717) is 4.48 Å². The maximum Gasteiger partial charge on any atom is 1.00 e. The Morgan fingerprint density at radius 2 is 1.81 bits per heavy atom. The van der Waals surface area contributed by atoms with Crippen molar-refractivity contribution in [3.63, 3.8) is 0 Å². The number of nitrogens with two attached hydrogens (primary N) is 1. The Hall–Kier alpha value is -0.220. The van der Waals surface area contributed by atoms with E-state index in [1.165, 1.54) is 6.07 Å². The number of phosphoric ester groups is 2. The molecule has 1 aromatic heterocycles. The number of ether oxygens (including phenoxy) is 1. The number of hydrogen-bond acceptors (Lipinski definition) is 13. The van der Waals surface area contributed by atoms with Gasteiger partial charge in [-0.25, -0.2) is 9.11 Å². The molecule has 0 radical (unpaired) electrons. The molecule has 1 aromatic rings. The Balaban J connectivity index is 0.00000512. The molecule has 0 amide bonds. The summed E-state index contributed by atoms with van der Waals surface area (Å²) in [6, 6.07) is 1.25. The van der Waals surface area contributed by atoms with Gasteiger partial charge >= 0.3 is 35.2 Å². The number of aliphatic hydroxyl groups is 2. The van der Waals surface area contributed by atoms with Crippen LogP contribution in [0.15, 0.2) is 17.1 Å². The molecule has 0 spiro atoms. The zero-order chi connectivity index (χ0) is 23.6. The summed E-state index contributed by atoms with van der Waals surface area (Å²) in [6.07, 6.45) is -5.01. The molecule has 0 bridgehead atoms. The summed E-state index contributed by atoms with van der Waals surface area (Å²) < 4.78 is 42.9. The van der Waals surface area contributed by atoms with E-state index in [-0.39, 0.29) is 48.5 Å². The number of phosphoric acid groups is 2. The first kappa shape index (κ1) is 29.8. The fraction of sp³-hybridized carbons (Fsp3) is 0.714. The second kappa shape index (κ2) is 11.5. The first-order valence-electron chi connectivity index (χ1n) is 8.89. The molecule has 6 atom stereocenters. The van der Waals surface area contributed by atoms with Gasteiger partial charge in [0.2, 0.25) is 0 Å². The summed E-state index contributed by atoms with van der Waals surface area (Å²) in [5, 5.41) is 20.2. The SMILES string of the molecule is C[N+](C)(C)CCOP(=O)([O-])OP(=O)([O-])OCC1OC(n2ccc(N)nc2=O)[C@H](O)[C@@H]1O.[Na+]. The second-order valence-electron chi connectivity index (χ2n) is 7.71. The van der Waals surface area contributed by atoms with Crippen LogP contribution in [0.2, 0.25) is 0 Å². The number of anilines is 1. The van der Waals surface area contributed by atoms with Gasteiger partial charge in [0.25, 0.3) is 15.6 Å². The number of quaternary nitrogens is 1. The van der Waals surface area contributed by atoms with Gasteiger partial charge in [0.15, 0.2) is 6.23 Å². The van der Waals surface area contributed by atoms with Gasteiger partial charge < -0.3 is 44.0 Å². The van der Waals surface area contributed by atoms with E-state index >= 15 is 0 Å². The van der Waals surface area contributed by atoms with Crippen LogP contribution in [0.1, 0.15) is 6.23 Å². The van der Waals surface area contributed by atoms with Crippen molar-refractivity contribution < 1.29 is 81.3 Å². The standard InChI is InChI=1S/C14H26N4O11P2.Na/c1-18(2,3)6-7-26-30(22,23)29-31(24,25)27-8-9-11(19)12(20)13(28-9)17-5-4-10(15)16-14(17)21;/h4-5,9,11-13,19-20H,6-8H2,1-3H3,(H3-,15,16,21,22,23,24,25);/q;+1/p-1/t9?,11-,12-,13?;/m1./s1. The van der Waals surface area contributed by atoms with Gasteiger partial charge in [-0.05, 0) is 6.07 Å². The molecule has 0 aliphatic carbocycles. The normalized spacial score (nSPS) is 27.3. The Bertz CT molecular complexity index is 927. The Morgan fingerprint density at radius 1 is 1.22 bits per heavy atom. The van der Waals surface area contributed by atoms with Gasteiger partial charge in [0, 0.05) is 6.20 Å². The molecule has 1 saturated heterocycles. The summed E-state index contributed by atoms with van der Waals surface area (Å²) in [4.78, 5) is 38.9. The third kappa shape index (κ3) is 8.85.